The van der Waals surface area contributed by atoms with Gasteiger partial charge in [-0.2, -0.15) is 0 Å². The molecule has 1 heterocycles. The number of fused-ring (bicyclic) bond motifs is 1. The van der Waals surface area contributed by atoms with Crippen LogP contribution in [0.2, 0.25) is 0 Å². The molecule has 2 aromatic rings. The molecule has 0 fully saturated rings. The number of carbonyl (C=O) groups is 1. The van der Waals surface area contributed by atoms with E-state index in [1.165, 1.54) is 35.3 Å². The maximum Gasteiger partial charge on any atom is 0.306 e. The number of hydrogen-bond donors (Lipinski definition) is 3. The lowest BCUT2D eigenvalue weighted by Crippen LogP contribution is -2.36. The molecule has 192 valence electrons. The van der Waals surface area contributed by atoms with Gasteiger partial charge in [-0.25, -0.2) is 0 Å². The second-order valence-corrected chi connectivity index (χ2v) is 11.4. The van der Waals surface area contributed by atoms with Gasteiger partial charge in [0.2, 0.25) is 0 Å². The van der Waals surface area contributed by atoms with Gasteiger partial charge < -0.3 is 15.3 Å². The van der Waals surface area contributed by atoms with Crippen LogP contribution in [0.5, 0.6) is 11.5 Å². The average Bonchev–Trinajstić information content (AvgIpc) is 2.84. The molecule has 0 radical (unpaired) electrons. The second-order valence-electron chi connectivity index (χ2n) is 10.4. The predicted octanol–water partition coefficient (Wildman–Crippen LogP) is 8.26. The van der Waals surface area contributed by atoms with Crippen LogP contribution in [0.1, 0.15) is 102 Å². The molecule has 3 rings (SSSR count). The lowest BCUT2D eigenvalue weighted by atomic mass is 9.68. The Morgan fingerprint density at radius 1 is 0.943 bits per heavy atom. The molecule has 3 N–H and O–H groups in total. The minimum Gasteiger partial charge on any atom is -0.508 e. The van der Waals surface area contributed by atoms with E-state index < -0.39 is 5.97 Å². The zero-order valence-corrected chi connectivity index (χ0v) is 22.2. The first kappa shape index (κ1) is 27.4. The smallest absolute Gasteiger partial charge is 0.306 e. The van der Waals surface area contributed by atoms with Crippen molar-refractivity contribution in [1.29, 1.82) is 0 Å². The van der Waals surface area contributed by atoms with Gasteiger partial charge in [-0.15, -0.1) is 11.8 Å². The Bertz CT molecular complexity index is 942. The van der Waals surface area contributed by atoms with Gasteiger partial charge in [-0.05, 0) is 60.6 Å². The van der Waals surface area contributed by atoms with E-state index in [0.29, 0.717) is 17.4 Å². The van der Waals surface area contributed by atoms with Crippen LogP contribution in [0, 0.1) is 5.92 Å². The minimum absolute atomic E-state index is 0.0350. The van der Waals surface area contributed by atoms with Gasteiger partial charge in [0, 0.05) is 16.1 Å². The fraction of sp³-hybridized carbons (Fsp3) is 0.567. The summed E-state index contributed by atoms with van der Waals surface area (Å²) in [7, 11) is 0. The molecule has 2 aromatic carbocycles. The third kappa shape index (κ3) is 7.42. The highest BCUT2D eigenvalue weighted by Gasteiger charge is 2.41. The minimum atomic E-state index is -0.630. The van der Waals surface area contributed by atoms with Crippen molar-refractivity contribution in [3.05, 3.63) is 53.6 Å². The van der Waals surface area contributed by atoms with Crippen molar-refractivity contribution in [2.45, 2.75) is 101 Å². The van der Waals surface area contributed by atoms with Gasteiger partial charge in [-0.1, -0.05) is 83.4 Å². The molecule has 4 nitrogen and oxygen atoms in total. The number of phenolic OH excluding ortho intramolecular Hbond substituents is 2. The third-order valence-electron chi connectivity index (χ3n) is 7.75. The number of benzene rings is 2. The number of rotatable bonds is 14. The number of unbranched alkanes of at least 4 members (excludes halogenated alkanes) is 6. The molecule has 1 aliphatic heterocycles. The zero-order valence-electron chi connectivity index (χ0n) is 21.3. The Labute approximate surface area is 215 Å². The number of carboxylic acids is 1. The van der Waals surface area contributed by atoms with Crippen LogP contribution < -0.4 is 0 Å². The molecule has 0 saturated carbocycles. The molecule has 0 aliphatic carbocycles. The molecule has 3 atom stereocenters. The molecule has 5 heteroatoms. The van der Waals surface area contributed by atoms with Gasteiger partial charge >= 0.3 is 5.97 Å². The molecular formula is C30H42O4S. The van der Waals surface area contributed by atoms with Crippen LogP contribution in [0.3, 0.4) is 0 Å². The summed E-state index contributed by atoms with van der Waals surface area (Å²) in [5, 5.41) is 29.2. The maximum absolute atomic E-state index is 11.4. The van der Waals surface area contributed by atoms with Crippen molar-refractivity contribution in [3.8, 4) is 11.5 Å². The lowest BCUT2D eigenvalue weighted by molar-refractivity contribution is -0.142. The van der Waals surface area contributed by atoms with Crippen LogP contribution >= 0.6 is 11.8 Å². The maximum atomic E-state index is 11.4. The van der Waals surface area contributed by atoms with Crippen molar-refractivity contribution < 1.29 is 20.1 Å². The molecular weight excluding hydrogens is 456 g/mol. The number of phenols is 2. The topological polar surface area (TPSA) is 77.8 Å². The summed E-state index contributed by atoms with van der Waals surface area (Å²) >= 11 is 1.81. The number of hydrogen-bond acceptors (Lipinski definition) is 4. The predicted molar refractivity (Wildman–Crippen MR) is 145 cm³/mol. The Morgan fingerprint density at radius 3 is 2.26 bits per heavy atom. The number of aliphatic carboxylic acids is 1. The van der Waals surface area contributed by atoms with Crippen LogP contribution in [0.15, 0.2) is 47.4 Å². The van der Waals surface area contributed by atoms with Crippen LogP contribution in [0.25, 0.3) is 0 Å². The Morgan fingerprint density at radius 2 is 1.57 bits per heavy atom. The first-order chi connectivity index (χ1) is 16.8. The summed E-state index contributed by atoms with van der Waals surface area (Å²) in [5.41, 5.74) is 2.54. The lowest BCUT2D eigenvalue weighted by Gasteiger charge is -2.43. The van der Waals surface area contributed by atoms with E-state index in [-0.39, 0.29) is 11.3 Å². The Balaban J connectivity index is 1.53. The molecule has 1 aliphatic rings. The number of carboxylic acid groups (broad SMARTS) is 1. The molecule has 1 unspecified atom stereocenters. The summed E-state index contributed by atoms with van der Waals surface area (Å²) in [6, 6.07) is 13.5. The molecule has 0 saturated heterocycles. The number of aromatic hydroxyl groups is 2. The summed E-state index contributed by atoms with van der Waals surface area (Å²) in [5.74, 6) is 1.12. The average molecular weight is 499 g/mol. The van der Waals surface area contributed by atoms with Gasteiger partial charge in [0.15, 0.2) is 0 Å². The van der Waals surface area contributed by atoms with E-state index in [1.807, 2.05) is 17.8 Å². The van der Waals surface area contributed by atoms with E-state index >= 15 is 0 Å². The number of thioether (sulfide) groups is 1. The van der Waals surface area contributed by atoms with Gasteiger partial charge in [0.25, 0.3) is 0 Å². The highest BCUT2D eigenvalue weighted by atomic mass is 32.2. The summed E-state index contributed by atoms with van der Waals surface area (Å²) in [6.45, 7) is 4.45. The Hall–Kier alpha value is -2.14. The van der Waals surface area contributed by atoms with Crippen molar-refractivity contribution in [1.82, 2.24) is 0 Å². The van der Waals surface area contributed by atoms with Crippen LogP contribution in [-0.2, 0) is 10.2 Å². The van der Waals surface area contributed by atoms with Gasteiger partial charge in [0.1, 0.15) is 11.5 Å². The first-order valence-corrected chi connectivity index (χ1v) is 14.3. The zero-order chi connectivity index (χ0) is 25.3. The fourth-order valence-electron chi connectivity index (χ4n) is 5.50. The first-order valence-electron chi connectivity index (χ1n) is 13.3. The van der Waals surface area contributed by atoms with E-state index in [4.69, 9.17) is 0 Å². The van der Waals surface area contributed by atoms with Gasteiger partial charge in [-0.3, -0.25) is 4.79 Å². The molecule has 0 bridgehead atoms. The SMILES string of the molecule is CCCCC(CCCCCCCC[C@@H]1c2ccc(O)cc2SC[C@]1(C)c1ccc(O)cc1)C(=O)O. The van der Waals surface area contributed by atoms with Crippen molar-refractivity contribution >= 4 is 17.7 Å². The third-order valence-corrected chi connectivity index (χ3v) is 9.16. The summed E-state index contributed by atoms with van der Waals surface area (Å²) in [4.78, 5) is 12.6. The largest absolute Gasteiger partial charge is 0.508 e. The molecule has 35 heavy (non-hydrogen) atoms. The van der Waals surface area contributed by atoms with E-state index in [9.17, 15) is 20.1 Å². The second kappa shape index (κ2) is 13.2. The monoisotopic (exact) mass is 498 g/mol. The normalized spacial score (nSPS) is 20.3. The highest BCUT2D eigenvalue weighted by Crippen LogP contribution is 2.52. The van der Waals surface area contributed by atoms with E-state index in [1.54, 1.807) is 18.2 Å². The van der Waals surface area contributed by atoms with Crippen LogP contribution in [0.4, 0.5) is 0 Å². The van der Waals surface area contributed by atoms with Crippen molar-refractivity contribution in [2.75, 3.05) is 5.75 Å². The molecule has 0 aromatic heterocycles. The standard InChI is InChI=1S/C30H42O4S/c1-3-4-11-22(29(33)34)12-9-7-5-6-8-10-13-27-26-19-18-25(32)20-28(26)35-21-30(27,2)23-14-16-24(31)17-15-23/h14-20,22,27,31-32H,3-13,21H2,1-2H3,(H,33,34)/t22?,27-,30-/m1/s1. The summed E-state index contributed by atoms with van der Waals surface area (Å²) in [6.07, 6.45) is 11.6. The van der Waals surface area contributed by atoms with E-state index in [2.05, 4.69) is 32.0 Å². The molecule has 0 spiro atoms. The Kier molecular flexibility index (Phi) is 10.4. The van der Waals surface area contributed by atoms with E-state index in [0.717, 1.165) is 57.1 Å². The van der Waals surface area contributed by atoms with Gasteiger partial charge in [0.05, 0.1) is 5.92 Å². The molecule has 0 amide bonds. The van der Waals surface area contributed by atoms with Crippen molar-refractivity contribution in [2.24, 2.45) is 5.92 Å². The van der Waals surface area contributed by atoms with Crippen LogP contribution in [-0.4, -0.2) is 27.0 Å². The summed E-state index contributed by atoms with van der Waals surface area (Å²) < 4.78 is 0. The fourth-order valence-corrected chi connectivity index (χ4v) is 6.90. The highest BCUT2D eigenvalue weighted by molar-refractivity contribution is 7.99. The quantitative estimate of drug-likeness (QED) is 0.229. The van der Waals surface area contributed by atoms with Crippen molar-refractivity contribution in [3.63, 3.8) is 0 Å².